The lowest BCUT2D eigenvalue weighted by atomic mass is 10.2. The molecular formula is C11H13N3O2S. The summed E-state index contributed by atoms with van der Waals surface area (Å²) in [6.45, 7) is 4.93. The number of anilines is 1. The largest absolute Gasteiger partial charge is 0.478 e. The molecule has 2 aromatic heterocycles. The van der Waals surface area contributed by atoms with Gasteiger partial charge in [-0.25, -0.2) is 14.8 Å². The third-order valence-electron chi connectivity index (χ3n) is 2.21. The van der Waals surface area contributed by atoms with Crippen molar-refractivity contribution in [1.82, 2.24) is 9.97 Å². The number of carbonyl (C=O) groups is 1. The van der Waals surface area contributed by atoms with Gasteiger partial charge in [0.05, 0.1) is 16.5 Å². The highest BCUT2D eigenvalue weighted by Gasteiger charge is 2.13. The van der Waals surface area contributed by atoms with Crippen LogP contribution >= 0.6 is 11.3 Å². The van der Waals surface area contributed by atoms with Gasteiger partial charge in [-0.05, 0) is 5.92 Å². The van der Waals surface area contributed by atoms with Gasteiger partial charge in [-0.1, -0.05) is 13.8 Å². The summed E-state index contributed by atoms with van der Waals surface area (Å²) in [7, 11) is 0. The molecule has 0 aliphatic rings. The van der Waals surface area contributed by atoms with E-state index in [1.54, 1.807) is 11.6 Å². The summed E-state index contributed by atoms with van der Waals surface area (Å²) in [6, 6.07) is 0. The van der Waals surface area contributed by atoms with Gasteiger partial charge in [-0.2, -0.15) is 0 Å². The van der Waals surface area contributed by atoms with Gasteiger partial charge in [0.1, 0.15) is 5.52 Å². The zero-order valence-corrected chi connectivity index (χ0v) is 10.4. The van der Waals surface area contributed by atoms with Crippen LogP contribution in [-0.4, -0.2) is 27.6 Å². The third-order valence-corrected chi connectivity index (χ3v) is 3.12. The van der Waals surface area contributed by atoms with Crippen molar-refractivity contribution in [3.63, 3.8) is 0 Å². The van der Waals surface area contributed by atoms with Crippen molar-refractivity contribution in [2.45, 2.75) is 13.8 Å². The molecule has 2 N–H and O–H groups in total. The molecule has 0 atom stereocenters. The second-order valence-corrected chi connectivity index (χ2v) is 5.05. The van der Waals surface area contributed by atoms with Crippen molar-refractivity contribution in [3.05, 3.63) is 17.1 Å². The molecule has 0 saturated heterocycles. The Balaban J connectivity index is 2.34. The van der Waals surface area contributed by atoms with E-state index in [1.165, 1.54) is 11.3 Å². The standard InChI is InChI=1S/C11H13N3O2S/c1-6(2)3-12-11-13-4-8-9(14-11)7(5-17-8)10(15)16/h4-6H,3H2,1-2H3,(H,15,16)(H,12,13,14). The van der Waals surface area contributed by atoms with Crippen LogP contribution < -0.4 is 5.32 Å². The van der Waals surface area contributed by atoms with E-state index in [0.29, 0.717) is 17.4 Å². The van der Waals surface area contributed by atoms with Gasteiger partial charge >= 0.3 is 5.97 Å². The minimum atomic E-state index is -0.954. The van der Waals surface area contributed by atoms with Crippen LogP contribution in [-0.2, 0) is 0 Å². The Kier molecular flexibility index (Phi) is 3.23. The molecule has 0 fully saturated rings. The number of thiophene rings is 1. The van der Waals surface area contributed by atoms with Crippen molar-refractivity contribution in [1.29, 1.82) is 0 Å². The van der Waals surface area contributed by atoms with E-state index < -0.39 is 5.97 Å². The van der Waals surface area contributed by atoms with Crippen LogP contribution in [0.25, 0.3) is 10.2 Å². The molecule has 5 nitrogen and oxygen atoms in total. The summed E-state index contributed by atoms with van der Waals surface area (Å²) in [5, 5.41) is 13.7. The predicted octanol–water partition coefficient (Wildman–Crippen LogP) is 2.46. The molecule has 2 aromatic rings. The molecule has 0 saturated carbocycles. The third kappa shape index (κ3) is 2.52. The maximum absolute atomic E-state index is 11.0. The molecule has 0 radical (unpaired) electrons. The average molecular weight is 251 g/mol. The van der Waals surface area contributed by atoms with Gasteiger partial charge in [-0.3, -0.25) is 0 Å². The van der Waals surface area contributed by atoms with Crippen molar-refractivity contribution in [2.24, 2.45) is 5.92 Å². The van der Waals surface area contributed by atoms with E-state index in [0.717, 1.165) is 11.2 Å². The SMILES string of the molecule is CC(C)CNc1ncc2scc(C(=O)O)c2n1. The van der Waals surface area contributed by atoms with Crippen LogP contribution in [0.4, 0.5) is 5.95 Å². The average Bonchev–Trinajstić information content (AvgIpc) is 2.69. The Morgan fingerprint density at radius 3 is 3.00 bits per heavy atom. The first kappa shape index (κ1) is 11.8. The van der Waals surface area contributed by atoms with Crippen molar-refractivity contribution in [3.8, 4) is 0 Å². The number of hydrogen-bond donors (Lipinski definition) is 2. The molecule has 0 spiro atoms. The Morgan fingerprint density at radius 1 is 1.59 bits per heavy atom. The zero-order chi connectivity index (χ0) is 12.4. The summed E-state index contributed by atoms with van der Waals surface area (Å²) in [6.07, 6.45) is 1.65. The normalized spacial score (nSPS) is 11.0. The van der Waals surface area contributed by atoms with Gasteiger partial charge < -0.3 is 10.4 Å². The van der Waals surface area contributed by atoms with Crippen LogP contribution in [0.3, 0.4) is 0 Å². The minimum Gasteiger partial charge on any atom is -0.478 e. The number of nitrogens with zero attached hydrogens (tertiary/aromatic N) is 2. The summed E-state index contributed by atoms with van der Waals surface area (Å²) >= 11 is 1.34. The summed E-state index contributed by atoms with van der Waals surface area (Å²) in [5.41, 5.74) is 0.740. The summed E-state index contributed by atoms with van der Waals surface area (Å²) in [5.74, 6) is 0.00701. The first-order valence-corrected chi connectivity index (χ1v) is 6.17. The highest BCUT2D eigenvalue weighted by Crippen LogP contribution is 2.24. The Labute approximate surface area is 103 Å². The number of fused-ring (bicyclic) bond motifs is 1. The topological polar surface area (TPSA) is 75.1 Å². The number of rotatable bonds is 4. The number of nitrogens with one attached hydrogen (secondary N) is 1. The fraction of sp³-hybridized carbons (Fsp3) is 0.364. The molecule has 2 heterocycles. The maximum Gasteiger partial charge on any atom is 0.338 e. The van der Waals surface area contributed by atoms with Crippen LogP contribution in [0.2, 0.25) is 0 Å². The van der Waals surface area contributed by atoms with Gasteiger partial charge in [0.15, 0.2) is 0 Å². The van der Waals surface area contributed by atoms with Crippen LogP contribution in [0.15, 0.2) is 11.6 Å². The molecular weight excluding hydrogens is 238 g/mol. The van der Waals surface area contributed by atoms with Crippen LogP contribution in [0.5, 0.6) is 0 Å². The van der Waals surface area contributed by atoms with Crippen LogP contribution in [0, 0.1) is 5.92 Å². The highest BCUT2D eigenvalue weighted by molar-refractivity contribution is 7.17. The molecule has 0 bridgehead atoms. The first-order chi connectivity index (χ1) is 8.08. The van der Waals surface area contributed by atoms with E-state index >= 15 is 0 Å². The van der Waals surface area contributed by atoms with Crippen molar-refractivity contribution >= 4 is 33.5 Å². The number of hydrogen-bond acceptors (Lipinski definition) is 5. The second-order valence-electron chi connectivity index (χ2n) is 4.14. The van der Waals surface area contributed by atoms with E-state index in [4.69, 9.17) is 5.11 Å². The van der Waals surface area contributed by atoms with E-state index in [1.807, 2.05) is 0 Å². The van der Waals surface area contributed by atoms with Crippen molar-refractivity contribution in [2.75, 3.05) is 11.9 Å². The Bertz CT molecular complexity index is 551. The maximum atomic E-state index is 11.0. The molecule has 0 unspecified atom stereocenters. The molecule has 0 aliphatic carbocycles. The monoisotopic (exact) mass is 251 g/mol. The smallest absolute Gasteiger partial charge is 0.338 e. The lowest BCUT2D eigenvalue weighted by molar-refractivity contribution is 0.0699. The molecule has 0 amide bonds. The highest BCUT2D eigenvalue weighted by atomic mass is 32.1. The Hall–Kier alpha value is -1.69. The number of carboxylic acid groups (broad SMARTS) is 1. The molecule has 90 valence electrons. The predicted molar refractivity (Wildman–Crippen MR) is 67.7 cm³/mol. The lowest BCUT2D eigenvalue weighted by Crippen LogP contribution is -2.10. The lowest BCUT2D eigenvalue weighted by Gasteiger charge is -2.06. The summed E-state index contributed by atoms with van der Waals surface area (Å²) < 4.78 is 0.789. The minimum absolute atomic E-state index is 0.236. The number of aromatic carboxylic acids is 1. The quantitative estimate of drug-likeness (QED) is 0.873. The Morgan fingerprint density at radius 2 is 2.35 bits per heavy atom. The van der Waals surface area contributed by atoms with Crippen LogP contribution in [0.1, 0.15) is 24.2 Å². The molecule has 0 aliphatic heterocycles. The fourth-order valence-corrected chi connectivity index (χ4v) is 2.20. The van der Waals surface area contributed by atoms with Gasteiger partial charge in [-0.15, -0.1) is 11.3 Å². The van der Waals surface area contributed by atoms with Gasteiger partial charge in [0.2, 0.25) is 5.95 Å². The second kappa shape index (κ2) is 4.67. The number of carboxylic acids is 1. The fourth-order valence-electron chi connectivity index (χ4n) is 1.36. The molecule has 17 heavy (non-hydrogen) atoms. The van der Waals surface area contributed by atoms with Gasteiger partial charge in [0, 0.05) is 11.9 Å². The molecule has 2 rings (SSSR count). The number of aromatic nitrogens is 2. The van der Waals surface area contributed by atoms with E-state index in [2.05, 4.69) is 29.1 Å². The van der Waals surface area contributed by atoms with Gasteiger partial charge in [0.25, 0.3) is 0 Å². The van der Waals surface area contributed by atoms with E-state index in [-0.39, 0.29) is 5.56 Å². The summed E-state index contributed by atoms with van der Waals surface area (Å²) in [4.78, 5) is 19.4. The molecule has 0 aromatic carbocycles. The zero-order valence-electron chi connectivity index (χ0n) is 9.60. The van der Waals surface area contributed by atoms with E-state index in [9.17, 15) is 4.79 Å². The first-order valence-electron chi connectivity index (χ1n) is 5.29. The van der Waals surface area contributed by atoms with Crippen molar-refractivity contribution < 1.29 is 9.90 Å². The molecule has 6 heteroatoms.